The number of ether oxygens (including phenoxy) is 2. The first kappa shape index (κ1) is 11.3. The van der Waals surface area contributed by atoms with Crippen LogP contribution in [-0.2, 0) is 6.54 Å². The zero-order chi connectivity index (χ0) is 11.4. The minimum atomic E-state index is 0.346. The molecule has 3 nitrogen and oxygen atoms in total. The molecule has 1 aromatic rings. The highest BCUT2D eigenvalue weighted by molar-refractivity contribution is 5.44. The summed E-state index contributed by atoms with van der Waals surface area (Å²) in [5.74, 6) is 2.45. The van der Waals surface area contributed by atoms with Crippen LogP contribution in [-0.4, -0.2) is 13.3 Å². The van der Waals surface area contributed by atoms with Crippen LogP contribution in [0.1, 0.15) is 25.8 Å². The minimum Gasteiger partial charge on any atom is -0.454 e. The number of benzene rings is 1. The highest BCUT2D eigenvalue weighted by atomic mass is 16.7. The van der Waals surface area contributed by atoms with Crippen molar-refractivity contribution in [2.75, 3.05) is 13.3 Å². The largest absolute Gasteiger partial charge is 0.454 e. The molecule has 1 atom stereocenters. The standard InChI is InChI=1S/C13H19NO2/c1-3-10(2)7-14-8-11-4-5-12-13(6-11)16-9-15-12/h4-6,10,14H,3,7-9H2,1-2H3. The molecule has 3 heteroatoms. The van der Waals surface area contributed by atoms with Crippen molar-refractivity contribution in [2.45, 2.75) is 26.8 Å². The third-order valence-electron chi connectivity index (χ3n) is 2.96. The Morgan fingerprint density at radius 2 is 2.12 bits per heavy atom. The van der Waals surface area contributed by atoms with Gasteiger partial charge in [0.1, 0.15) is 0 Å². The van der Waals surface area contributed by atoms with Crippen LogP contribution in [0.25, 0.3) is 0 Å². The maximum Gasteiger partial charge on any atom is 0.231 e. The van der Waals surface area contributed by atoms with Gasteiger partial charge in [-0.15, -0.1) is 0 Å². The summed E-state index contributed by atoms with van der Waals surface area (Å²) in [7, 11) is 0. The quantitative estimate of drug-likeness (QED) is 0.829. The summed E-state index contributed by atoms with van der Waals surface area (Å²) in [6.45, 7) is 6.77. The fourth-order valence-corrected chi connectivity index (χ4v) is 1.66. The van der Waals surface area contributed by atoms with Gasteiger partial charge in [-0.25, -0.2) is 0 Å². The normalized spacial score (nSPS) is 15.1. The summed E-state index contributed by atoms with van der Waals surface area (Å²) in [5, 5.41) is 3.45. The van der Waals surface area contributed by atoms with E-state index in [1.807, 2.05) is 12.1 Å². The molecule has 0 aliphatic carbocycles. The van der Waals surface area contributed by atoms with Crippen molar-refractivity contribution in [1.29, 1.82) is 0 Å². The van der Waals surface area contributed by atoms with Crippen LogP contribution >= 0.6 is 0 Å². The van der Waals surface area contributed by atoms with Gasteiger partial charge in [-0.1, -0.05) is 26.3 Å². The van der Waals surface area contributed by atoms with Gasteiger partial charge in [0, 0.05) is 6.54 Å². The number of hydrogen-bond donors (Lipinski definition) is 1. The molecule has 1 N–H and O–H groups in total. The second-order valence-corrected chi connectivity index (χ2v) is 4.33. The third-order valence-corrected chi connectivity index (χ3v) is 2.96. The van der Waals surface area contributed by atoms with Crippen molar-refractivity contribution in [3.63, 3.8) is 0 Å². The zero-order valence-electron chi connectivity index (χ0n) is 9.95. The molecule has 0 aromatic heterocycles. The molecule has 0 saturated heterocycles. The summed E-state index contributed by atoms with van der Waals surface area (Å²) >= 11 is 0. The van der Waals surface area contributed by atoms with Gasteiger partial charge in [-0.2, -0.15) is 0 Å². The van der Waals surface area contributed by atoms with Crippen molar-refractivity contribution in [3.05, 3.63) is 23.8 Å². The average Bonchev–Trinajstić information content (AvgIpc) is 2.76. The molecule has 2 rings (SSSR count). The lowest BCUT2D eigenvalue weighted by Gasteiger charge is -2.10. The van der Waals surface area contributed by atoms with Gasteiger partial charge in [-0.3, -0.25) is 0 Å². The highest BCUT2D eigenvalue weighted by Crippen LogP contribution is 2.32. The number of fused-ring (bicyclic) bond motifs is 1. The maximum absolute atomic E-state index is 5.34. The van der Waals surface area contributed by atoms with Gasteiger partial charge < -0.3 is 14.8 Å². The lowest BCUT2D eigenvalue weighted by Crippen LogP contribution is -2.20. The summed E-state index contributed by atoms with van der Waals surface area (Å²) in [6.07, 6.45) is 1.22. The second-order valence-electron chi connectivity index (χ2n) is 4.33. The molecular weight excluding hydrogens is 202 g/mol. The van der Waals surface area contributed by atoms with E-state index in [1.165, 1.54) is 12.0 Å². The molecule has 0 radical (unpaired) electrons. The Hall–Kier alpha value is -1.22. The van der Waals surface area contributed by atoms with Crippen molar-refractivity contribution in [1.82, 2.24) is 5.32 Å². The van der Waals surface area contributed by atoms with Gasteiger partial charge >= 0.3 is 0 Å². The van der Waals surface area contributed by atoms with Gasteiger partial charge in [0.2, 0.25) is 6.79 Å². The molecule has 0 amide bonds. The van der Waals surface area contributed by atoms with Crippen LogP contribution in [0.3, 0.4) is 0 Å². The molecule has 0 saturated carbocycles. The zero-order valence-corrected chi connectivity index (χ0v) is 9.95. The van der Waals surface area contributed by atoms with E-state index < -0.39 is 0 Å². The van der Waals surface area contributed by atoms with Crippen molar-refractivity contribution >= 4 is 0 Å². The Kier molecular flexibility index (Phi) is 3.67. The fourth-order valence-electron chi connectivity index (χ4n) is 1.66. The molecule has 1 aromatic carbocycles. The Bertz CT molecular complexity index is 352. The van der Waals surface area contributed by atoms with Crippen LogP contribution in [0.2, 0.25) is 0 Å². The second kappa shape index (κ2) is 5.21. The summed E-state index contributed by atoms with van der Waals surface area (Å²) in [6, 6.07) is 6.10. The first-order chi connectivity index (χ1) is 7.79. The van der Waals surface area contributed by atoms with E-state index in [9.17, 15) is 0 Å². The van der Waals surface area contributed by atoms with Gasteiger partial charge in [0.05, 0.1) is 0 Å². The molecule has 88 valence electrons. The van der Waals surface area contributed by atoms with Crippen molar-refractivity contribution in [2.24, 2.45) is 5.92 Å². The minimum absolute atomic E-state index is 0.346. The number of rotatable bonds is 5. The molecule has 0 spiro atoms. The van der Waals surface area contributed by atoms with E-state index >= 15 is 0 Å². The van der Waals surface area contributed by atoms with Gasteiger partial charge in [-0.05, 0) is 30.2 Å². The topological polar surface area (TPSA) is 30.5 Å². The van der Waals surface area contributed by atoms with Gasteiger partial charge in [0.25, 0.3) is 0 Å². The maximum atomic E-state index is 5.34. The predicted octanol–water partition coefficient (Wildman–Crippen LogP) is 2.55. The lowest BCUT2D eigenvalue weighted by atomic mass is 10.1. The van der Waals surface area contributed by atoms with Gasteiger partial charge in [0.15, 0.2) is 11.5 Å². The first-order valence-electron chi connectivity index (χ1n) is 5.89. The first-order valence-corrected chi connectivity index (χ1v) is 5.89. The molecule has 1 unspecified atom stereocenters. The molecule has 1 heterocycles. The lowest BCUT2D eigenvalue weighted by molar-refractivity contribution is 0.174. The fraction of sp³-hybridized carbons (Fsp3) is 0.538. The van der Waals surface area contributed by atoms with E-state index in [1.54, 1.807) is 0 Å². The third kappa shape index (κ3) is 2.67. The van der Waals surface area contributed by atoms with Crippen LogP contribution in [0.4, 0.5) is 0 Å². The van der Waals surface area contributed by atoms with E-state index in [0.717, 1.165) is 30.5 Å². The molecule has 1 aliphatic rings. The summed E-state index contributed by atoms with van der Waals surface area (Å²) in [4.78, 5) is 0. The monoisotopic (exact) mass is 221 g/mol. The summed E-state index contributed by atoms with van der Waals surface area (Å²) < 4.78 is 10.6. The molecular formula is C13H19NO2. The Balaban J connectivity index is 1.86. The number of nitrogens with one attached hydrogen (secondary N) is 1. The molecule has 0 bridgehead atoms. The predicted molar refractivity (Wildman–Crippen MR) is 63.7 cm³/mol. The Morgan fingerprint density at radius 1 is 1.31 bits per heavy atom. The smallest absolute Gasteiger partial charge is 0.231 e. The molecule has 0 fully saturated rings. The highest BCUT2D eigenvalue weighted by Gasteiger charge is 2.12. The molecule has 1 aliphatic heterocycles. The number of hydrogen-bond acceptors (Lipinski definition) is 3. The van der Waals surface area contributed by atoms with Crippen LogP contribution in [0, 0.1) is 5.92 Å². The molecule has 16 heavy (non-hydrogen) atoms. The SMILES string of the molecule is CCC(C)CNCc1ccc2c(c1)OCO2. The van der Waals surface area contributed by atoms with Crippen molar-refractivity contribution in [3.8, 4) is 11.5 Å². The van der Waals surface area contributed by atoms with E-state index in [0.29, 0.717) is 6.79 Å². The van der Waals surface area contributed by atoms with Crippen molar-refractivity contribution < 1.29 is 9.47 Å². The summed E-state index contributed by atoms with van der Waals surface area (Å²) in [5.41, 5.74) is 1.24. The van der Waals surface area contributed by atoms with E-state index in [-0.39, 0.29) is 0 Å². The Labute approximate surface area is 96.8 Å². The Morgan fingerprint density at radius 3 is 2.94 bits per heavy atom. The van der Waals surface area contributed by atoms with Crippen LogP contribution < -0.4 is 14.8 Å². The van der Waals surface area contributed by atoms with E-state index in [4.69, 9.17) is 9.47 Å². The van der Waals surface area contributed by atoms with E-state index in [2.05, 4.69) is 25.2 Å². The average molecular weight is 221 g/mol. The van der Waals surface area contributed by atoms with Crippen LogP contribution in [0.15, 0.2) is 18.2 Å². The van der Waals surface area contributed by atoms with Crippen LogP contribution in [0.5, 0.6) is 11.5 Å².